The number of ether oxygens (including phenoxy) is 1. The number of anilines is 1. The van der Waals surface area contributed by atoms with Crippen LogP contribution in [0.3, 0.4) is 0 Å². The van der Waals surface area contributed by atoms with Crippen molar-refractivity contribution in [3.63, 3.8) is 0 Å². The molecule has 0 aliphatic carbocycles. The smallest absolute Gasteiger partial charge is 0.228 e. The van der Waals surface area contributed by atoms with Gasteiger partial charge in [0, 0.05) is 0 Å². The van der Waals surface area contributed by atoms with Crippen LogP contribution in [0.25, 0.3) is 16.7 Å². The van der Waals surface area contributed by atoms with Crippen LogP contribution in [-0.2, 0) is 0 Å². The lowest BCUT2D eigenvalue weighted by atomic mass is 10.1. The summed E-state index contributed by atoms with van der Waals surface area (Å²) in [5.41, 5.74) is 3.63. The predicted molar refractivity (Wildman–Crippen MR) is 91.1 cm³/mol. The molecule has 0 fully saturated rings. The van der Waals surface area contributed by atoms with Gasteiger partial charge in [-0.25, -0.2) is 4.98 Å². The van der Waals surface area contributed by atoms with E-state index >= 15 is 0 Å². The molecule has 4 rings (SSSR count). The van der Waals surface area contributed by atoms with Gasteiger partial charge in [-0.05, 0) is 37.1 Å². The van der Waals surface area contributed by atoms with E-state index in [1.165, 1.54) is 0 Å². The van der Waals surface area contributed by atoms with E-state index in [-0.39, 0.29) is 0 Å². The van der Waals surface area contributed by atoms with E-state index in [4.69, 9.17) is 9.15 Å². The van der Waals surface area contributed by atoms with Gasteiger partial charge in [-0.1, -0.05) is 37.6 Å². The van der Waals surface area contributed by atoms with Crippen molar-refractivity contribution in [3.8, 4) is 5.75 Å². The summed E-state index contributed by atoms with van der Waals surface area (Å²) in [5.74, 6) is 2.20. The third-order valence-corrected chi connectivity index (χ3v) is 3.95. The maximum atomic E-state index is 5.99. The molecule has 23 heavy (non-hydrogen) atoms. The Bertz CT molecular complexity index is 820. The summed E-state index contributed by atoms with van der Waals surface area (Å²) in [6, 6.07) is 15.7. The highest BCUT2D eigenvalue weighted by Crippen LogP contribution is 2.37. The van der Waals surface area contributed by atoms with Gasteiger partial charge in [0.2, 0.25) is 11.8 Å². The van der Waals surface area contributed by atoms with Gasteiger partial charge in [-0.2, -0.15) is 0 Å². The van der Waals surface area contributed by atoms with Gasteiger partial charge in [0.05, 0.1) is 11.3 Å². The van der Waals surface area contributed by atoms with Gasteiger partial charge in [-0.3, -0.25) is 0 Å². The Labute approximate surface area is 134 Å². The Morgan fingerprint density at radius 1 is 1.09 bits per heavy atom. The minimum absolute atomic E-state index is 0.634. The van der Waals surface area contributed by atoms with Crippen LogP contribution < -0.4 is 10.1 Å². The molecule has 0 saturated heterocycles. The fourth-order valence-corrected chi connectivity index (χ4v) is 2.73. The molecule has 0 atom stereocenters. The SMILES string of the molecule is CCCCC(=C1Nc2ccccc2O1)c1nc2ccccc2o1. The Hall–Kier alpha value is -2.75. The lowest BCUT2D eigenvalue weighted by Gasteiger charge is -2.07. The predicted octanol–water partition coefficient (Wildman–Crippen LogP) is 5.19. The van der Waals surface area contributed by atoms with E-state index in [9.17, 15) is 0 Å². The zero-order valence-electron chi connectivity index (χ0n) is 13.0. The zero-order valence-corrected chi connectivity index (χ0v) is 13.0. The summed E-state index contributed by atoms with van der Waals surface area (Å²) in [5, 5.41) is 3.34. The number of hydrogen-bond acceptors (Lipinski definition) is 4. The van der Waals surface area contributed by atoms with Gasteiger partial charge >= 0.3 is 0 Å². The summed E-state index contributed by atoms with van der Waals surface area (Å²) < 4.78 is 11.9. The lowest BCUT2D eigenvalue weighted by molar-refractivity contribution is 0.453. The molecule has 1 aliphatic heterocycles. The fraction of sp³-hybridized carbons (Fsp3) is 0.211. The average Bonchev–Trinajstić information content (AvgIpc) is 3.19. The van der Waals surface area contributed by atoms with Crippen LogP contribution in [0.15, 0.2) is 58.8 Å². The van der Waals surface area contributed by atoms with Crippen LogP contribution >= 0.6 is 0 Å². The number of hydrogen-bond donors (Lipinski definition) is 1. The molecule has 0 bridgehead atoms. The molecular formula is C19H18N2O2. The topological polar surface area (TPSA) is 47.3 Å². The van der Waals surface area contributed by atoms with Crippen molar-refractivity contribution < 1.29 is 9.15 Å². The van der Waals surface area contributed by atoms with Crippen LogP contribution in [-0.4, -0.2) is 4.98 Å². The standard InChI is InChI=1S/C19H18N2O2/c1-2-3-8-13(18-20-14-9-4-6-11-16(14)22-18)19-21-15-10-5-7-12-17(15)23-19/h4-7,9-12,20H,2-3,8H2,1H3. The maximum Gasteiger partial charge on any atom is 0.228 e. The number of unbranched alkanes of at least 4 members (excludes halogenated alkanes) is 1. The minimum Gasteiger partial charge on any atom is -0.438 e. The fourth-order valence-electron chi connectivity index (χ4n) is 2.73. The van der Waals surface area contributed by atoms with Crippen LogP contribution in [0.2, 0.25) is 0 Å². The largest absolute Gasteiger partial charge is 0.438 e. The summed E-state index contributed by atoms with van der Waals surface area (Å²) in [7, 11) is 0. The van der Waals surface area contributed by atoms with E-state index < -0.39 is 0 Å². The number of aromatic nitrogens is 1. The van der Waals surface area contributed by atoms with Gasteiger partial charge in [0.1, 0.15) is 5.52 Å². The van der Waals surface area contributed by atoms with E-state index in [1.807, 2.05) is 48.5 Å². The van der Waals surface area contributed by atoms with Crippen molar-refractivity contribution in [3.05, 3.63) is 60.3 Å². The molecule has 4 heteroatoms. The first-order valence-electron chi connectivity index (χ1n) is 7.98. The average molecular weight is 306 g/mol. The van der Waals surface area contributed by atoms with Gasteiger partial charge < -0.3 is 14.5 Å². The second kappa shape index (κ2) is 5.80. The number of nitrogens with one attached hydrogen (secondary N) is 1. The normalized spacial score (nSPS) is 15.2. The van der Waals surface area contributed by atoms with E-state index in [2.05, 4.69) is 17.2 Å². The molecular weight excluding hydrogens is 288 g/mol. The number of benzene rings is 2. The quantitative estimate of drug-likeness (QED) is 0.720. The second-order valence-electron chi connectivity index (χ2n) is 5.62. The molecule has 0 spiro atoms. The summed E-state index contributed by atoms with van der Waals surface area (Å²) in [6.07, 6.45) is 3.02. The van der Waals surface area contributed by atoms with Crippen molar-refractivity contribution in [1.82, 2.24) is 4.98 Å². The first-order chi connectivity index (χ1) is 11.3. The van der Waals surface area contributed by atoms with Crippen molar-refractivity contribution in [1.29, 1.82) is 0 Å². The molecule has 1 N–H and O–H groups in total. The maximum absolute atomic E-state index is 5.99. The van der Waals surface area contributed by atoms with Gasteiger partial charge in [0.25, 0.3) is 0 Å². The molecule has 1 aromatic heterocycles. The van der Waals surface area contributed by atoms with Crippen LogP contribution in [0.4, 0.5) is 5.69 Å². The molecule has 116 valence electrons. The highest BCUT2D eigenvalue weighted by Gasteiger charge is 2.23. The monoisotopic (exact) mass is 306 g/mol. The van der Waals surface area contributed by atoms with Gasteiger partial charge in [0.15, 0.2) is 11.3 Å². The molecule has 0 amide bonds. The van der Waals surface area contributed by atoms with Crippen LogP contribution in [0.1, 0.15) is 32.1 Å². The second-order valence-corrected chi connectivity index (χ2v) is 5.62. The Morgan fingerprint density at radius 3 is 2.74 bits per heavy atom. The van der Waals surface area contributed by atoms with E-state index in [0.29, 0.717) is 5.89 Å². The summed E-state index contributed by atoms with van der Waals surface area (Å²) in [4.78, 5) is 4.63. The molecule has 2 heterocycles. The molecule has 4 nitrogen and oxygen atoms in total. The lowest BCUT2D eigenvalue weighted by Crippen LogP contribution is -2.03. The number of nitrogens with zero attached hydrogens (tertiary/aromatic N) is 1. The van der Waals surface area contributed by atoms with Crippen molar-refractivity contribution in [2.45, 2.75) is 26.2 Å². The van der Waals surface area contributed by atoms with Crippen LogP contribution in [0.5, 0.6) is 5.75 Å². The summed E-state index contributed by atoms with van der Waals surface area (Å²) in [6.45, 7) is 2.17. The Morgan fingerprint density at radius 2 is 1.91 bits per heavy atom. The number of fused-ring (bicyclic) bond motifs is 2. The third-order valence-electron chi connectivity index (χ3n) is 3.95. The van der Waals surface area contributed by atoms with Gasteiger partial charge in [-0.15, -0.1) is 0 Å². The molecule has 0 radical (unpaired) electrons. The van der Waals surface area contributed by atoms with Crippen molar-refractivity contribution in [2.75, 3.05) is 5.32 Å². The number of para-hydroxylation sites is 4. The van der Waals surface area contributed by atoms with Crippen molar-refractivity contribution >= 4 is 22.4 Å². The Kier molecular flexibility index (Phi) is 3.50. The van der Waals surface area contributed by atoms with Crippen molar-refractivity contribution in [2.24, 2.45) is 0 Å². The minimum atomic E-state index is 0.634. The number of oxazole rings is 1. The third kappa shape index (κ3) is 2.57. The highest BCUT2D eigenvalue weighted by molar-refractivity contribution is 5.78. The molecule has 0 unspecified atom stereocenters. The number of rotatable bonds is 4. The molecule has 3 aromatic rings. The number of allylic oxidation sites excluding steroid dienone is 1. The molecule has 0 saturated carbocycles. The summed E-state index contributed by atoms with van der Waals surface area (Å²) >= 11 is 0. The van der Waals surface area contributed by atoms with E-state index in [1.54, 1.807) is 0 Å². The Balaban J connectivity index is 1.77. The first-order valence-corrected chi connectivity index (χ1v) is 7.98. The molecule has 1 aliphatic rings. The first kappa shape index (κ1) is 13.9. The zero-order chi connectivity index (χ0) is 15.6. The van der Waals surface area contributed by atoms with Crippen LogP contribution in [0, 0.1) is 0 Å². The highest BCUT2D eigenvalue weighted by atomic mass is 16.5. The molecule has 2 aromatic carbocycles. The van der Waals surface area contributed by atoms with E-state index in [0.717, 1.165) is 53.3 Å².